The van der Waals surface area contributed by atoms with Crippen LogP contribution < -0.4 is 11.1 Å². The quantitative estimate of drug-likeness (QED) is 0.389. The number of halogens is 6. The van der Waals surface area contributed by atoms with Crippen molar-refractivity contribution in [3.05, 3.63) is 59.8 Å². The third kappa shape index (κ3) is 8.85. The molecule has 2 unspecified atom stereocenters. The number of amides is 1. The largest absolute Gasteiger partial charge is 0.430 e. The third-order valence-electron chi connectivity index (χ3n) is 6.16. The van der Waals surface area contributed by atoms with Gasteiger partial charge in [0.1, 0.15) is 18.5 Å². The molecule has 3 N–H and O–H groups in total. The second-order valence-corrected chi connectivity index (χ2v) is 10.5. The molecule has 2 rings (SSSR count). The standard InChI is InChI=1S/C26H36F6N4O2/c1-15(35-7-8-36(17(3)26(30,31)32)23(13-35)16(2)33)9-19(34-24(37)14-38-25(4,5)6)10-18-11-21(28)22(29)12-20(18)27/h11-12,18-20H,1,3,7-10,13-14,33H2,2,4-6H3,(H,34,37)/b23-16-/t18?,19-,20?/m0/s1. The Kier molecular flexibility index (Phi) is 10.2. The average Bonchev–Trinajstić information content (AvgIpc) is 2.79. The molecule has 0 saturated carbocycles. The first-order valence-corrected chi connectivity index (χ1v) is 12.1. The molecule has 1 amide bonds. The number of nitrogens with two attached hydrogens (primary N) is 1. The monoisotopic (exact) mass is 550 g/mol. The molecule has 38 heavy (non-hydrogen) atoms. The molecule has 2 aliphatic rings. The second kappa shape index (κ2) is 12.3. The van der Waals surface area contributed by atoms with Gasteiger partial charge in [0.05, 0.1) is 17.8 Å². The molecule has 1 aliphatic heterocycles. The van der Waals surface area contributed by atoms with Crippen molar-refractivity contribution in [2.75, 3.05) is 26.2 Å². The zero-order chi connectivity index (χ0) is 29.0. The Morgan fingerprint density at radius 3 is 2.34 bits per heavy atom. The Balaban J connectivity index is 2.18. The van der Waals surface area contributed by atoms with Crippen LogP contribution in [0.2, 0.25) is 0 Å². The van der Waals surface area contributed by atoms with Crippen LogP contribution >= 0.6 is 0 Å². The highest BCUT2D eigenvalue weighted by Gasteiger charge is 2.39. The van der Waals surface area contributed by atoms with Crippen LogP contribution in [0.5, 0.6) is 0 Å². The summed E-state index contributed by atoms with van der Waals surface area (Å²) in [7, 11) is 0. The van der Waals surface area contributed by atoms with Crippen molar-refractivity contribution in [2.24, 2.45) is 11.7 Å². The summed E-state index contributed by atoms with van der Waals surface area (Å²) in [5.74, 6) is -4.02. The number of rotatable bonds is 9. The predicted molar refractivity (Wildman–Crippen MR) is 133 cm³/mol. The Morgan fingerprint density at radius 2 is 1.79 bits per heavy atom. The Hall–Kier alpha value is -2.89. The SMILES string of the molecule is C=C(C[C@@H](CC1C=C(F)C(F)=CC1F)NC(=O)COC(C)(C)C)N1CCN(C(=C)C(F)(F)F)/C(=C(/C)N)C1. The predicted octanol–water partition coefficient (Wildman–Crippen LogP) is 5.14. The highest BCUT2D eigenvalue weighted by atomic mass is 19.4. The summed E-state index contributed by atoms with van der Waals surface area (Å²) in [6.07, 6.45) is -5.06. The number of allylic oxidation sites excluding steroid dienone is 6. The zero-order valence-corrected chi connectivity index (χ0v) is 22.1. The summed E-state index contributed by atoms with van der Waals surface area (Å²) in [6, 6.07) is -0.755. The number of alkyl halides is 4. The Labute approximate surface area is 219 Å². The lowest BCUT2D eigenvalue weighted by Crippen LogP contribution is -2.48. The van der Waals surface area contributed by atoms with E-state index in [-0.39, 0.29) is 50.5 Å². The molecule has 1 saturated heterocycles. The number of carbonyl (C=O) groups excluding carboxylic acids is 1. The molecule has 3 atom stereocenters. The van der Waals surface area contributed by atoms with E-state index in [1.54, 1.807) is 25.7 Å². The van der Waals surface area contributed by atoms with Gasteiger partial charge in [-0.3, -0.25) is 4.79 Å². The minimum atomic E-state index is -4.63. The zero-order valence-electron chi connectivity index (χ0n) is 22.1. The first-order valence-electron chi connectivity index (χ1n) is 12.1. The Bertz CT molecular complexity index is 1010. The normalized spacial score (nSPS) is 22.9. The summed E-state index contributed by atoms with van der Waals surface area (Å²) >= 11 is 0. The van der Waals surface area contributed by atoms with Gasteiger partial charge in [0.15, 0.2) is 11.7 Å². The summed E-state index contributed by atoms with van der Waals surface area (Å²) in [4.78, 5) is 15.3. The van der Waals surface area contributed by atoms with E-state index in [9.17, 15) is 31.1 Å². The molecular weight excluding hydrogens is 514 g/mol. The van der Waals surface area contributed by atoms with Gasteiger partial charge in [-0.05, 0) is 46.3 Å². The van der Waals surface area contributed by atoms with E-state index in [1.807, 2.05) is 0 Å². The Morgan fingerprint density at radius 1 is 1.18 bits per heavy atom. The topological polar surface area (TPSA) is 70.8 Å². The second-order valence-electron chi connectivity index (χ2n) is 10.5. The van der Waals surface area contributed by atoms with Crippen LogP contribution in [0.3, 0.4) is 0 Å². The molecule has 12 heteroatoms. The van der Waals surface area contributed by atoms with E-state index in [2.05, 4.69) is 18.5 Å². The van der Waals surface area contributed by atoms with Crippen molar-refractivity contribution in [1.29, 1.82) is 0 Å². The fraction of sp³-hybridized carbons (Fsp3) is 0.577. The maximum atomic E-state index is 14.5. The van der Waals surface area contributed by atoms with E-state index < -0.39 is 53.2 Å². The number of ether oxygens (including phenoxy) is 1. The van der Waals surface area contributed by atoms with E-state index >= 15 is 0 Å². The van der Waals surface area contributed by atoms with Crippen LogP contribution in [-0.4, -0.2) is 65.9 Å². The highest BCUT2D eigenvalue weighted by molar-refractivity contribution is 5.77. The fourth-order valence-corrected chi connectivity index (χ4v) is 4.15. The molecule has 214 valence electrons. The van der Waals surface area contributed by atoms with Crippen LogP contribution in [-0.2, 0) is 9.53 Å². The third-order valence-corrected chi connectivity index (χ3v) is 6.16. The number of piperazine rings is 1. The lowest BCUT2D eigenvalue weighted by Gasteiger charge is -2.42. The number of nitrogens with zero attached hydrogens (tertiary/aromatic N) is 2. The maximum Gasteiger partial charge on any atom is 0.430 e. The van der Waals surface area contributed by atoms with Crippen molar-refractivity contribution in [2.45, 2.75) is 64.5 Å². The van der Waals surface area contributed by atoms with Gasteiger partial charge < -0.3 is 25.6 Å². The van der Waals surface area contributed by atoms with E-state index in [1.165, 1.54) is 6.92 Å². The van der Waals surface area contributed by atoms with Crippen LogP contribution in [0.1, 0.15) is 40.5 Å². The average molecular weight is 551 g/mol. The van der Waals surface area contributed by atoms with Gasteiger partial charge in [-0.15, -0.1) is 0 Å². The number of hydrogen-bond acceptors (Lipinski definition) is 5. The minimum Gasteiger partial charge on any atom is -0.401 e. The minimum absolute atomic E-state index is 0.00170. The van der Waals surface area contributed by atoms with Gasteiger partial charge in [-0.25, -0.2) is 13.2 Å². The molecule has 0 bridgehead atoms. The number of nitrogens with one attached hydrogen (secondary N) is 1. The van der Waals surface area contributed by atoms with Crippen molar-refractivity contribution in [3.63, 3.8) is 0 Å². The molecule has 0 aromatic carbocycles. The first-order chi connectivity index (χ1) is 17.4. The molecule has 1 fully saturated rings. The van der Waals surface area contributed by atoms with E-state index in [0.29, 0.717) is 11.8 Å². The van der Waals surface area contributed by atoms with Crippen LogP contribution in [0.15, 0.2) is 59.8 Å². The van der Waals surface area contributed by atoms with Crippen molar-refractivity contribution < 1.29 is 35.9 Å². The maximum absolute atomic E-state index is 14.5. The van der Waals surface area contributed by atoms with Gasteiger partial charge in [-0.1, -0.05) is 13.2 Å². The number of carbonyl (C=O) groups is 1. The van der Waals surface area contributed by atoms with E-state index in [0.717, 1.165) is 11.0 Å². The van der Waals surface area contributed by atoms with Crippen LogP contribution in [0, 0.1) is 5.92 Å². The molecule has 1 aliphatic carbocycles. The van der Waals surface area contributed by atoms with Gasteiger partial charge in [0.25, 0.3) is 0 Å². The molecule has 1 heterocycles. The molecule has 0 aromatic rings. The molecule has 0 spiro atoms. The lowest BCUT2D eigenvalue weighted by atomic mass is 9.89. The first kappa shape index (κ1) is 31.3. The molecule has 0 radical (unpaired) electrons. The van der Waals surface area contributed by atoms with E-state index in [4.69, 9.17) is 10.5 Å². The number of hydrogen-bond donors (Lipinski definition) is 2. The summed E-state index contributed by atoms with van der Waals surface area (Å²) in [5.41, 5.74) is 5.08. The summed E-state index contributed by atoms with van der Waals surface area (Å²) < 4.78 is 87.1. The smallest absolute Gasteiger partial charge is 0.401 e. The van der Waals surface area contributed by atoms with Crippen LogP contribution in [0.25, 0.3) is 0 Å². The van der Waals surface area contributed by atoms with Gasteiger partial charge in [0.2, 0.25) is 5.91 Å². The van der Waals surface area contributed by atoms with Crippen LogP contribution in [0.4, 0.5) is 26.3 Å². The highest BCUT2D eigenvalue weighted by Crippen LogP contribution is 2.34. The molecular formula is C26H36F6N4O2. The van der Waals surface area contributed by atoms with Gasteiger partial charge >= 0.3 is 6.18 Å². The van der Waals surface area contributed by atoms with Crippen molar-refractivity contribution in [1.82, 2.24) is 15.1 Å². The lowest BCUT2D eigenvalue weighted by molar-refractivity contribution is -0.131. The fourth-order valence-electron chi connectivity index (χ4n) is 4.15. The molecule has 6 nitrogen and oxygen atoms in total. The van der Waals surface area contributed by atoms with Crippen molar-refractivity contribution >= 4 is 5.91 Å². The summed E-state index contributed by atoms with van der Waals surface area (Å²) in [6.45, 7) is 13.8. The van der Waals surface area contributed by atoms with Gasteiger partial charge in [0, 0.05) is 42.9 Å². The van der Waals surface area contributed by atoms with Crippen molar-refractivity contribution in [3.8, 4) is 0 Å². The molecule has 0 aromatic heterocycles. The summed E-state index contributed by atoms with van der Waals surface area (Å²) in [5, 5.41) is 2.74. The van der Waals surface area contributed by atoms with Gasteiger partial charge in [-0.2, -0.15) is 13.2 Å².